The number of carbonyl (C=O) groups excluding carboxylic acids is 5. The molecule has 6 unspecified atom stereocenters. The number of nitrogens with one attached hydrogen (secondary N) is 6. The molecular formula is C37H62N12O7. The zero-order valence-corrected chi connectivity index (χ0v) is 32.9. The van der Waals surface area contributed by atoms with Gasteiger partial charge in [-0.15, -0.1) is 0 Å². The first-order chi connectivity index (χ1) is 26.5. The van der Waals surface area contributed by atoms with E-state index in [0.29, 0.717) is 13.0 Å². The lowest BCUT2D eigenvalue weighted by Crippen LogP contribution is -2.60. The van der Waals surface area contributed by atoms with E-state index in [1.54, 1.807) is 13.8 Å². The standard InChI is InChI=1S/C37H62N12O7/c1-21(2)19-27(33(53)49-29(22(3)4)34(54)46-26(35(55)56)15-10-18-44-37(40)41)47-31(51)25(14-9-17-43-36(38)39)45-32(52)28(20-23-11-6-5-7-12-23)48-30(50)24-13-8-16-42-24/h5-7,11-12,21-22,24-29,42H,8-10,13-20H2,1-4H3,(H,45,52)(H,46,54)(H,47,51)(H,48,50)(H,49,53)(H,55,56)(H4,38,39,43)(H4,40,41,44). The number of carboxylic acids is 1. The molecule has 19 nitrogen and oxygen atoms in total. The van der Waals surface area contributed by atoms with Gasteiger partial charge in [0, 0.05) is 19.5 Å². The topological polar surface area (TPSA) is 324 Å². The van der Waals surface area contributed by atoms with Gasteiger partial charge in [0.15, 0.2) is 11.9 Å². The first-order valence-corrected chi connectivity index (χ1v) is 19.1. The number of hydrogen-bond acceptors (Lipinski definition) is 9. The number of rotatable bonds is 24. The number of amides is 5. The molecule has 0 spiro atoms. The van der Waals surface area contributed by atoms with Gasteiger partial charge in [0.1, 0.15) is 30.2 Å². The van der Waals surface area contributed by atoms with Gasteiger partial charge in [-0.1, -0.05) is 58.0 Å². The molecule has 0 aliphatic carbocycles. The second kappa shape index (κ2) is 24.1. The van der Waals surface area contributed by atoms with Crippen LogP contribution in [0.3, 0.4) is 0 Å². The van der Waals surface area contributed by atoms with Crippen molar-refractivity contribution in [3.05, 3.63) is 35.9 Å². The number of carbonyl (C=O) groups is 6. The average Bonchev–Trinajstić information content (AvgIpc) is 3.67. The molecule has 1 heterocycles. The van der Waals surface area contributed by atoms with Gasteiger partial charge in [0.2, 0.25) is 29.5 Å². The van der Waals surface area contributed by atoms with Crippen LogP contribution in [0.5, 0.6) is 0 Å². The summed E-state index contributed by atoms with van der Waals surface area (Å²) >= 11 is 0. The highest BCUT2D eigenvalue weighted by atomic mass is 16.4. The molecular weight excluding hydrogens is 724 g/mol. The van der Waals surface area contributed by atoms with Crippen molar-refractivity contribution >= 4 is 47.4 Å². The Kier molecular flexibility index (Phi) is 20.1. The van der Waals surface area contributed by atoms with E-state index in [-0.39, 0.29) is 75.4 Å². The lowest BCUT2D eigenvalue weighted by Gasteiger charge is -2.29. The van der Waals surface area contributed by atoms with Gasteiger partial charge in [-0.2, -0.15) is 0 Å². The highest BCUT2D eigenvalue weighted by molar-refractivity contribution is 5.96. The predicted octanol–water partition coefficient (Wildman–Crippen LogP) is -1.70. The van der Waals surface area contributed by atoms with Crippen molar-refractivity contribution in [1.29, 1.82) is 0 Å². The third kappa shape index (κ3) is 17.3. The van der Waals surface area contributed by atoms with Crippen LogP contribution in [0.15, 0.2) is 40.3 Å². The van der Waals surface area contributed by atoms with Crippen LogP contribution in [0.2, 0.25) is 0 Å². The zero-order valence-electron chi connectivity index (χ0n) is 32.9. The minimum absolute atomic E-state index is 0.0340. The molecule has 19 heteroatoms. The predicted molar refractivity (Wildman–Crippen MR) is 213 cm³/mol. The highest BCUT2D eigenvalue weighted by Crippen LogP contribution is 2.12. The summed E-state index contributed by atoms with van der Waals surface area (Å²) in [5.41, 5.74) is 22.4. The van der Waals surface area contributed by atoms with Crippen LogP contribution >= 0.6 is 0 Å². The summed E-state index contributed by atoms with van der Waals surface area (Å²) in [5.74, 6) is -5.11. The monoisotopic (exact) mass is 786 g/mol. The molecule has 0 saturated carbocycles. The van der Waals surface area contributed by atoms with Gasteiger partial charge in [0.25, 0.3) is 0 Å². The largest absolute Gasteiger partial charge is 0.480 e. The Bertz CT molecular complexity index is 1510. The van der Waals surface area contributed by atoms with Crippen molar-refractivity contribution in [1.82, 2.24) is 31.9 Å². The van der Waals surface area contributed by atoms with Crippen molar-refractivity contribution in [2.24, 2.45) is 44.8 Å². The van der Waals surface area contributed by atoms with Gasteiger partial charge in [-0.05, 0) is 68.9 Å². The van der Waals surface area contributed by atoms with E-state index in [0.717, 1.165) is 12.0 Å². The molecule has 1 aromatic carbocycles. The number of hydrogen-bond donors (Lipinski definition) is 11. The third-order valence-corrected chi connectivity index (χ3v) is 9.02. The Labute approximate surface area is 328 Å². The number of nitrogens with two attached hydrogens (primary N) is 4. The first-order valence-electron chi connectivity index (χ1n) is 19.1. The number of nitrogens with zero attached hydrogens (tertiary/aromatic N) is 2. The van der Waals surface area contributed by atoms with E-state index in [1.165, 1.54) is 0 Å². The minimum atomic E-state index is -1.27. The van der Waals surface area contributed by atoms with E-state index in [4.69, 9.17) is 22.9 Å². The summed E-state index contributed by atoms with van der Waals surface area (Å²) in [6, 6.07) is 2.93. The number of aliphatic imine (C=N–C) groups is 2. The fourth-order valence-corrected chi connectivity index (χ4v) is 6.07. The van der Waals surface area contributed by atoms with Gasteiger partial charge in [-0.3, -0.25) is 34.0 Å². The second-order valence-corrected chi connectivity index (χ2v) is 14.7. The number of guanidine groups is 2. The van der Waals surface area contributed by atoms with Crippen LogP contribution in [0.25, 0.3) is 0 Å². The van der Waals surface area contributed by atoms with Crippen LogP contribution in [-0.4, -0.2) is 108 Å². The van der Waals surface area contributed by atoms with E-state index in [9.17, 15) is 33.9 Å². The maximum atomic E-state index is 14.0. The Morgan fingerprint density at radius 1 is 0.732 bits per heavy atom. The van der Waals surface area contributed by atoms with E-state index in [2.05, 4.69) is 41.9 Å². The molecule has 56 heavy (non-hydrogen) atoms. The average molecular weight is 787 g/mol. The number of carboxylic acid groups (broad SMARTS) is 1. The summed E-state index contributed by atoms with van der Waals surface area (Å²) in [6.45, 7) is 8.08. The van der Waals surface area contributed by atoms with E-state index < -0.39 is 71.8 Å². The Balaban J connectivity index is 2.30. The van der Waals surface area contributed by atoms with E-state index >= 15 is 0 Å². The van der Waals surface area contributed by atoms with Gasteiger partial charge < -0.3 is 59.9 Å². The molecule has 1 saturated heterocycles. The lowest BCUT2D eigenvalue weighted by molar-refractivity contribution is -0.142. The van der Waals surface area contributed by atoms with E-state index in [1.807, 2.05) is 44.2 Å². The number of benzene rings is 1. The third-order valence-electron chi connectivity index (χ3n) is 9.02. The van der Waals surface area contributed by atoms with Crippen molar-refractivity contribution in [3.8, 4) is 0 Å². The molecule has 312 valence electrons. The summed E-state index contributed by atoms with van der Waals surface area (Å²) < 4.78 is 0. The maximum absolute atomic E-state index is 14.0. The van der Waals surface area contributed by atoms with Crippen molar-refractivity contribution < 1.29 is 33.9 Å². The van der Waals surface area contributed by atoms with Crippen LogP contribution in [0.4, 0.5) is 0 Å². The van der Waals surface area contributed by atoms with Crippen molar-refractivity contribution in [2.75, 3.05) is 19.6 Å². The maximum Gasteiger partial charge on any atom is 0.326 e. The minimum Gasteiger partial charge on any atom is -0.480 e. The molecule has 5 amide bonds. The fourth-order valence-electron chi connectivity index (χ4n) is 6.07. The van der Waals surface area contributed by atoms with Crippen LogP contribution in [-0.2, 0) is 35.2 Å². The fraction of sp³-hybridized carbons (Fsp3) is 0.622. The summed E-state index contributed by atoms with van der Waals surface area (Å²) in [4.78, 5) is 88.0. The zero-order chi connectivity index (χ0) is 41.8. The SMILES string of the molecule is CC(C)CC(NC(=O)C(CCCN=C(N)N)NC(=O)C(Cc1ccccc1)NC(=O)C1CCCN1)C(=O)NC(C(=O)NC(CCCN=C(N)N)C(=O)O)C(C)C. The molecule has 0 bridgehead atoms. The molecule has 1 aliphatic heterocycles. The van der Waals surface area contributed by atoms with Gasteiger partial charge in [-0.25, -0.2) is 4.79 Å². The van der Waals surface area contributed by atoms with Crippen LogP contribution in [0.1, 0.15) is 78.2 Å². The Morgan fingerprint density at radius 3 is 1.79 bits per heavy atom. The Morgan fingerprint density at radius 2 is 1.27 bits per heavy atom. The van der Waals surface area contributed by atoms with Crippen LogP contribution in [0, 0.1) is 11.8 Å². The van der Waals surface area contributed by atoms with Crippen molar-refractivity contribution in [2.45, 2.75) is 115 Å². The van der Waals surface area contributed by atoms with Gasteiger partial charge in [0.05, 0.1) is 6.04 Å². The number of aliphatic carboxylic acids is 1. The van der Waals surface area contributed by atoms with Crippen molar-refractivity contribution in [3.63, 3.8) is 0 Å². The van der Waals surface area contributed by atoms with Crippen LogP contribution < -0.4 is 54.8 Å². The van der Waals surface area contributed by atoms with Gasteiger partial charge >= 0.3 is 5.97 Å². The molecule has 1 fully saturated rings. The Hall–Kier alpha value is -5.46. The highest BCUT2D eigenvalue weighted by Gasteiger charge is 2.34. The molecule has 0 aromatic heterocycles. The molecule has 1 aromatic rings. The smallest absolute Gasteiger partial charge is 0.326 e. The summed E-state index contributed by atoms with van der Waals surface area (Å²) in [7, 11) is 0. The first kappa shape index (κ1) is 46.7. The lowest BCUT2D eigenvalue weighted by atomic mass is 9.98. The quantitative estimate of drug-likeness (QED) is 0.0317. The second-order valence-electron chi connectivity index (χ2n) is 14.7. The molecule has 15 N–H and O–H groups in total. The molecule has 6 atom stereocenters. The summed E-state index contributed by atoms with van der Waals surface area (Å²) in [6.07, 6.45) is 2.45. The normalized spacial score (nSPS) is 16.4. The molecule has 1 aliphatic rings. The molecule has 0 radical (unpaired) electrons. The molecule has 2 rings (SSSR count). The summed E-state index contributed by atoms with van der Waals surface area (Å²) in [5, 5.41) is 26.4.